The van der Waals surface area contributed by atoms with E-state index in [2.05, 4.69) is 24.3 Å². The summed E-state index contributed by atoms with van der Waals surface area (Å²) < 4.78 is 28.7. The minimum atomic E-state index is -0.545. The molecule has 106 valence electrons. The van der Waals surface area contributed by atoms with Crippen LogP contribution >= 0.6 is 0 Å². The number of benzene rings is 1. The second-order valence-corrected chi connectivity index (χ2v) is 5.49. The van der Waals surface area contributed by atoms with Crippen molar-refractivity contribution in [2.45, 2.75) is 32.2 Å². The molecule has 0 saturated carbocycles. The fraction of sp³-hybridized carbons (Fsp3) is 0.400. The third-order valence-corrected chi connectivity index (χ3v) is 3.63. The summed E-state index contributed by atoms with van der Waals surface area (Å²) in [6.45, 7) is 4.92. The molecule has 2 heterocycles. The third kappa shape index (κ3) is 2.28. The Morgan fingerprint density at radius 3 is 2.55 bits per heavy atom. The first-order chi connectivity index (χ1) is 9.54. The number of anilines is 1. The third-order valence-electron chi connectivity index (χ3n) is 3.63. The Labute approximate surface area is 116 Å². The number of fused-ring (bicyclic) bond motifs is 1. The van der Waals surface area contributed by atoms with Crippen molar-refractivity contribution in [3.63, 3.8) is 0 Å². The van der Waals surface area contributed by atoms with Gasteiger partial charge in [-0.15, -0.1) is 0 Å². The van der Waals surface area contributed by atoms with Gasteiger partial charge in [0.1, 0.15) is 17.5 Å². The molecule has 0 spiro atoms. The Balaban J connectivity index is 2.04. The molecule has 1 aromatic heterocycles. The monoisotopic (exact) mass is 277 g/mol. The van der Waals surface area contributed by atoms with E-state index in [0.29, 0.717) is 11.5 Å². The van der Waals surface area contributed by atoms with Crippen LogP contribution in [0.15, 0.2) is 24.3 Å². The van der Waals surface area contributed by atoms with E-state index in [1.165, 1.54) is 12.1 Å². The lowest BCUT2D eigenvalue weighted by Gasteiger charge is -2.26. The van der Waals surface area contributed by atoms with Crippen LogP contribution < -0.4 is 5.32 Å². The van der Waals surface area contributed by atoms with Crippen LogP contribution in [0.1, 0.15) is 43.5 Å². The molecule has 0 bridgehead atoms. The van der Waals surface area contributed by atoms with E-state index in [1.54, 1.807) is 0 Å². The maximum absolute atomic E-state index is 13.4. The molecule has 1 aliphatic heterocycles. The van der Waals surface area contributed by atoms with Crippen LogP contribution in [0.2, 0.25) is 0 Å². The van der Waals surface area contributed by atoms with E-state index >= 15 is 0 Å². The van der Waals surface area contributed by atoms with Crippen molar-refractivity contribution in [2.75, 3.05) is 11.9 Å². The van der Waals surface area contributed by atoms with Gasteiger partial charge < -0.3 is 5.32 Å². The second-order valence-electron chi connectivity index (χ2n) is 5.49. The average molecular weight is 277 g/mol. The smallest absolute Gasteiger partial charge is 0.126 e. The Bertz CT molecular complexity index is 614. The molecule has 1 aliphatic rings. The summed E-state index contributed by atoms with van der Waals surface area (Å²) in [4.78, 5) is 0. The van der Waals surface area contributed by atoms with Gasteiger partial charge in [0.05, 0.1) is 11.7 Å². The number of halogens is 2. The first-order valence-electron chi connectivity index (χ1n) is 6.84. The topological polar surface area (TPSA) is 29.9 Å². The van der Waals surface area contributed by atoms with Gasteiger partial charge in [-0.3, -0.25) is 0 Å². The van der Waals surface area contributed by atoms with Crippen LogP contribution in [0, 0.1) is 11.6 Å². The quantitative estimate of drug-likeness (QED) is 0.907. The summed E-state index contributed by atoms with van der Waals surface area (Å²) in [6.07, 6.45) is 0.759. The van der Waals surface area contributed by atoms with Crippen molar-refractivity contribution in [3.8, 4) is 0 Å². The van der Waals surface area contributed by atoms with Gasteiger partial charge in [-0.25, -0.2) is 13.5 Å². The number of aromatic nitrogens is 2. The molecule has 3 rings (SSSR count). The van der Waals surface area contributed by atoms with Crippen molar-refractivity contribution in [3.05, 3.63) is 47.2 Å². The summed E-state index contributed by atoms with van der Waals surface area (Å²) in [6, 6.07) is 5.56. The van der Waals surface area contributed by atoms with Crippen LogP contribution in [-0.4, -0.2) is 16.3 Å². The number of rotatable bonds is 2. The fourth-order valence-corrected chi connectivity index (χ4v) is 2.60. The van der Waals surface area contributed by atoms with Crippen molar-refractivity contribution in [2.24, 2.45) is 0 Å². The Kier molecular flexibility index (Phi) is 3.20. The second kappa shape index (κ2) is 4.89. The zero-order valence-electron chi connectivity index (χ0n) is 11.5. The number of nitrogens with one attached hydrogen (secondary N) is 1. The van der Waals surface area contributed by atoms with Gasteiger partial charge in [0.2, 0.25) is 0 Å². The molecule has 3 nitrogen and oxygen atoms in total. The Morgan fingerprint density at radius 1 is 1.20 bits per heavy atom. The number of nitrogens with zero attached hydrogens (tertiary/aromatic N) is 2. The molecule has 5 heteroatoms. The highest BCUT2D eigenvalue weighted by molar-refractivity contribution is 5.42. The minimum absolute atomic E-state index is 0.121. The zero-order valence-corrected chi connectivity index (χ0v) is 11.5. The first kappa shape index (κ1) is 13.1. The highest BCUT2D eigenvalue weighted by Gasteiger charge is 2.24. The molecular weight excluding hydrogens is 260 g/mol. The van der Waals surface area contributed by atoms with Gasteiger partial charge in [-0.1, -0.05) is 13.8 Å². The molecule has 1 atom stereocenters. The number of hydrogen-bond donors (Lipinski definition) is 1. The highest BCUT2D eigenvalue weighted by atomic mass is 19.1. The van der Waals surface area contributed by atoms with Gasteiger partial charge in [-0.05, 0) is 30.0 Å². The SMILES string of the molecule is CC(C)c1cc2n(n1)C(c1cc(F)cc(F)c1)CCN2. The van der Waals surface area contributed by atoms with E-state index < -0.39 is 11.6 Å². The molecule has 1 unspecified atom stereocenters. The Hall–Kier alpha value is -1.91. The van der Waals surface area contributed by atoms with Crippen molar-refractivity contribution < 1.29 is 8.78 Å². The molecule has 0 amide bonds. The van der Waals surface area contributed by atoms with Crippen LogP contribution in [-0.2, 0) is 0 Å². The standard InChI is InChI=1S/C15H17F2N3/c1-9(2)13-8-15-18-4-3-14(20(15)19-13)10-5-11(16)7-12(17)6-10/h5-9,14,18H,3-4H2,1-2H3. The lowest BCUT2D eigenvalue weighted by molar-refractivity contribution is 0.469. The summed E-state index contributed by atoms with van der Waals surface area (Å²) >= 11 is 0. The van der Waals surface area contributed by atoms with Gasteiger partial charge in [0, 0.05) is 18.7 Å². The summed E-state index contributed by atoms with van der Waals surface area (Å²) in [5, 5.41) is 7.86. The van der Waals surface area contributed by atoms with Crippen LogP contribution in [0.5, 0.6) is 0 Å². The molecule has 1 N–H and O–H groups in total. The normalized spacial score (nSPS) is 17.9. The van der Waals surface area contributed by atoms with E-state index in [9.17, 15) is 8.78 Å². The fourth-order valence-electron chi connectivity index (χ4n) is 2.60. The summed E-state index contributed by atoms with van der Waals surface area (Å²) in [7, 11) is 0. The van der Waals surface area contributed by atoms with Crippen LogP contribution in [0.3, 0.4) is 0 Å². The Morgan fingerprint density at radius 2 is 1.90 bits per heavy atom. The lowest BCUT2D eigenvalue weighted by atomic mass is 10.0. The van der Waals surface area contributed by atoms with Crippen LogP contribution in [0.25, 0.3) is 0 Å². The van der Waals surface area contributed by atoms with E-state index in [4.69, 9.17) is 0 Å². The van der Waals surface area contributed by atoms with E-state index in [1.807, 2.05) is 10.7 Å². The lowest BCUT2D eigenvalue weighted by Crippen LogP contribution is -2.24. The zero-order chi connectivity index (χ0) is 14.3. The van der Waals surface area contributed by atoms with E-state index in [0.717, 1.165) is 30.5 Å². The maximum atomic E-state index is 13.4. The first-order valence-corrected chi connectivity index (χ1v) is 6.84. The van der Waals surface area contributed by atoms with Crippen molar-refractivity contribution >= 4 is 5.82 Å². The van der Waals surface area contributed by atoms with Crippen LogP contribution in [0.4, 0.5) is 14.6 Å². The molecule has 1 aromatic carbocycles. The van der Waals surface area contributed by atoms with Gasteiger partial charge in [0.25, 0.3) is 0 Å². The number of hydrogen-bond acceptors (Lipinski definition) is 2. The summed E-state index contributed by atoms with van der Waals surface area (Å²) in [5.74, 6) is 0.141. The van der Waals surface area contributed by atoms with Crippen molar-refractivity contribution in [1.29, 1.82) is 0 Å². The predicted octanol–water partition coefficient (Wildman–Crippen LogP) is 3.69. The maximum Gasteiger partial charge on any atom is 0.126 e. The molecule has 0 radical (unpaired) electrons. The van der Waals surface area contributed by atoms with Gasteiger partial charge in [0.15, 0.2) is 0 Å². The van der Waals surface area contributed by atoms with Gasteiger partial charge in [-0.2, -0.15) is 5.10 Å². The van der Waals surface area contributed by atoms with Crippen molar-refractivity contribution in [1.82, 2.24) is 9.78 Å². The van der Waals surface area contributed by atoms with E-state index in [-0.39, 0.29) is 6.04 Å². The highest BCUT2D eigenvalue weighted by Crippen LogP contribution is 2.32. The molecule has 0 aliphatic carbocycles. The van der Waals surface area contributed by atoms with Gasteiger partial charge >= 0.3 is 0 Å². The molecular formula is C15H17F2N3. The summed E-state index contributed by atoms with van der Waals surface area (Å²) in [5.41, 5.74) is 1.61. The largest absolute Gasteiger partial charge is 0.370 e. The molecule has 2 aromatic rings. The molecule has 0 fully saturated rings. The minimum Gasteiger partial charge on any atom is -0.370 e. The average Bonchev–Trinajstić information content (AvgIpc) is 2.81. The molecule has 20 heavy (non-hydrogen) atoms. The predicted molar refractivity (Wildman–Crippen MR) is 73.9 cm³/mol. The molecule has 0 saturated heterocycles.